The van der Waals surface area contributed by atoms with Crippen molar-refractivity contribution in [2.75, 3.05) is 32.7 Å². The Hall–Kier alpha value is -1.95. The number of pyridine rings is 1. The Morgan fingerprint density at radius 1 is 1.14 bits per heavy atom. The Labute approximate surface area is 175 Å². The highest BCUT2D eigenvalue weighted by atomic mass is 16.2. The van der Waals surface area contributed by atoms with Gasteiger partial charge in [-0.15, -0.1) is 0 Å². The molecule has 2 saturated heterocycles. The number of rotatable bonds is 9. The summed E-state index contributed by atoms with van der Waals surface area (Å²) < 4.78 is 0. The van der Waals surface area contributed by atoms with E-state index < -0.39 is 0 Å². The zero-order chi connectivity index (χ0) is 20.5. The molecule has 0 bridgehead atoms. The van der Waals surface area contributed by atoms with Crippen LogP contribution in [0.1, 0.15) is 57.6 Å². The molecule has 0 aliphatic carbocycles. The fourth-order valence-electron chi connectivity index (χ4n) is 4.61. The van der Waals surface area contributed by atoms with Crippen molar-refractivity contribution in [2.45, 2.75) is 64.3 Å². The van der Waals surface area contributed by atoms with Crippen molar-refractivity contribution < 1.29 is 9.59 Å². The number of aromatic nitrogens is 1. The molecule has 160 valence electrons. The van der Waals surface area contributed by atoms with Crippen LogP contribution in [0.2, 0.25) is 0 Å². The molecule has 1 atom stereocenters. The first kappa shape index (κ1) is 21.8. The molecule has 3 rings (SSSR count). The molecular formula is C23H36N4O2. The van der Waals surface area contributed by atoms with Crippen LogP contribution in [0.25, 0.3) is 0 Å². The van der Waals surface area contributed by atoms with Gasteiger partial charge in [0.1, 0.15) is 0 Å². The molecular weight excluding hydrogens is 364 g/mol. The van der Waals surface area contributed by atoms with Crippen LogP contribution in [0, 0.1) is 5.92 Å². The van der Waals surface area contributed by atoms with Gasteiger partial charge in [0.15, 0.2) is 0 Å². The van der Waals surface area contributed by atoms with Crippen molar-refractivity contribution in [3.8, 4) is 0 Å². The molecule has 0 saturated carbocycles. The van der Waals surface area contributed by atoms with Crippen LogP contribution < -0.4 is 5.32 Å². The number of hydrogen-bond acceptors (Lipinski definition) is 4. The minimum atomic E-state index is 0.182. The molecule has 2 aliphatic heterocycles. The summed E-state index contributed by atoms with van der Waals surface area (Å²) in [6.07, 6.45) is 9.00. The number of aryl methyl sites for hydroxylation is 1. The van der Waals surface area contributed by atoms with E-state index in [2.05, 4.69) is 22.1 Å². The smallest absolute Gasteiger partial charge is 0.222 e. The summed E-state index contributed by atoms with van der Waals surface area (Å²) in [4.78, 5) is 33.4. The predicted molar refractivity (Wildman–Crippen MR) is 114 cm³/mol. The lowest BCUT2D eigenvalue weighted by Gasteiger charge is -2.32. The number of piperidine rings is 1. The molecule has 0 aromatic carbocycles. The number of amides is 2. The highest BCUT2D eigenvalue weighted by Crippen LogP contribution is 2.22. The Kier molecular flexibility index (Phi) is 8.47. The Morgan fingerprint density at radius 2 is 1.97 bits per heavy atom. The average Bonchev–Trinajstić information content (AvgIpc) is 3.23. The molecule has 6 heteroatoms. The second kappa shape index (κ2) is 11.3. The van der Waals surface area contributed by atoms with Gasteiger partial charge in [0, 0.05) is 50.4 Å². The first-order valence-corrected chi connectivity index (χ1v) is 11.3. The molecule has 2 amide bonds. The monoisotopic (exact) mass is 400 g/mol. The van der Waals surface area contributed by atoms with Crippen molar-refractivity contribution in [3.05, 3.63) is 30.1 Å². The van der Waals surface area contributed by atoms with Crippen LogP contribution >= 0.6 is 0 Å². The standard InChI is InChI=1S/C23H36N4O2/c1-2-26-15-5-7-21(26)18-25-22(28)10-8-19-12-16-27(17-13-19)23(29)11-9-20-6-3-4-14-24-20/h3-4,6,14,19,21H,2,5,7-13,15-18H2,1H3,(H,25,28). The van der Waals surface area contributed by atoms with Gasteiger partial charge in [0.25, 0.3) is 0 Å². The third kappa shape index (κ3) is 6.81. The van der Waals surface area contributed by atoms with Crippen molar-refractivity contribution in [1.29, 1.82) is 0 Å². The largest absolute Gasteiger partial charge is 0.355 e. The molecule has 2 aliphatic rings. The van der Waals surface area contributed by atoms with Crippen LogP contribution in [-0.2, 0) is 16.0 Å². The Morgan fingerprint density at radius 3 is 2.69 bits per heavy atom. The lowest BCUT2D eigenvalue weighted by molar-refractivity contribution is -0.132. The van der Waals surface area contributed by atoms with Gasteiger partial charge in [-0.1, -0.05) is 13.0 Å². The van der Waals surface area contributed by atoms with Crippen molar-refractivity contribution >= 4 is 11.8 Å². The van der Waals surface area contributed by atoms with Gasteiger partial charge in [0.05, 0.1) is 0 Å². The summed E-state index contributed by atoms with van der Waals surface area (Å²) >= 11 is 0. The molecule has 6 nitrogen and oxygen atoms in total. The van der Waals surface area contributed by atoms with Crippen LogP contribution in [0.15, 0.2) is 24.4 Å². The quantitative estimate of drug-likeness (QED) is 0.692. The summed E-state index contributed by atoms with van der Waals surface area (Å²) in [6.45, 7) is 6.85. The minimum Gasteiger partial charge on any atom is -0.355 e. The number of carbonyl (C=O) groups excluding carboxylic acids is 2. The number of likely N-dealkylation sites (tertiary alicyclic amines) is 2. The molecule has 1 aromatic rings. The molecule has 3 heterocycles. The first-order chi connectivity index (χ1) is 14.2. The SMILES string of the molecule is CCN1CCCC1CNC(=O)CCC1CCN(C(=O)CCc2ccccn2)CC1. The Balaban J connectivity index is 1.28. The van der Waals surface area contributed by atoms with Gasteiger partial charge >= 0.3 is 0 Å². The first-order valence-electron chi connectivity index (χ1n) is 11.3. The fraction of sp³-hybridized carbons (Fsp3) is 0.696. The lowest BCUT2D eigenvalue weighted by atomic mass is 9.92. The lowest BCUT2D eigenvalue weighted by Crippen LogP contribution is -2.40. The van der Waals surface area contributed by atoms with E-state index >= 15 is 0 Å². The van der Waals surface area contributed by atoms with Crippen LogP contribution in [-0.4, -0.2) is 65.4 Å². The number of carbonyl (C=O) groups is 2. The summed E-state index contributed by atoms with van der Waals surface area (Å²) in [5.41, 5.74) is 0.974. The maximum absolute atomic E-state index is 12.4. The van der Waals surface area contributed by atoms with Crippen molar-refractivity contribution in [2.24, 2.45) is 5.92 Å². The average molecular weight is 401 g/mol. The molecule has 1 unspecified atom stereocenters. The van der Waals surface area contributed by atoms with E-state index in [9.17, 15) is 9.59 Å². The van der Waals surface area contributed by atoms with E-state index in [-0.39, 0.29) is 11.8 Å². The third-order valence-corrected chi connectivity index (χ3v) is 6.51. The zero-order valence-electron chi connectivity index (χ0n) is 17.8. The molecule has 29 heavy (non-hydrogen) atoms. The summed E-state index contributed by atoms with van der Waals surface area (Å²) in [6, 6.07) is 6.34. The second-order valence-corrected chi connectivity index (χ2v) is 8.41. The molecule has 0 radical (unpaired) electrons. The topological polar surface area (TPSA) is 65.5 Å². The maximum Gasteiger partial charge on any atom is 0.222 e. The van der Waals surface area contributed by atoms with Crippen molar-refractivity contribution in [1.82, 2.24) is 20.1 Å². The predicted octanol–water partition coefficient (Wildman–Crippen LogP) is 2.63. The van der Waals surface area contributed by atoms with Gasteiger partial charge in [-0.05, 0) is 69.7 Å². The summed E-state index contributed by atoms with van der Waals surface area (Å²) in [5, 5.41) is 3.14. The molecule has 2 fully saturated rings. The van der Waals surface area contributed by atoms with Crippen LogP contribution in [0.4, 0.5) is 0 Å². The van der Waals surface area contributed by atoms with Crippen LogP contribution in [0.5, 0.6) is 0 Å². The zero-order valence-corrected chi connectivity index (χ0v) is 17.8. The number of nitrogens with zero attached hydrogens (tertiary/aromatic N) is 3. The van der Waals surface area contributed by atoms with Gasteiger partial charge < -0.3 is 10.2 Å². The van der Waals surface area contributed by atoms with E-state index in [1.165, 1.54) is 12.8 Å². The molecule has 1 N–H and O–H groups in total. The van der Waals surface area contributed by atoms with Gasteiger partial charge in [0.2, 0.25) is 11.8 Å². The summed E-state index contributed by atoms with van der Waals surface area (Å²) in [5.74, 6) is 0.963. The highest BCUT2D eigenvalue weighted by molar-refractivity contribution is 5.76. The number of likely N-dealkylation sites (N-methyl/N-ethyl adjacent to an activating group) is 1. The fourth-order valence-corrected chi connectivity index (χ4v) is 4.61. The van der Waals surface area contributed by atoms with E-state index in [0.29, 0.717) is 31.2 Å². The third-order valence-electron chi connectivity index (χ3n) is 6.51. The summed E-state index contributed by atoms with van der Waals surface area (Å²) in [7, 11) is 0. The number of nitrogens with one attached hydrogen (secondary N) is 1. The maximum atomic E-state index is 12.4. The van der Waals surface area contributed by atoms with Gasteiger partial charge in [-0.2, -0.15) is 0 Å². The van der Waals surface area contributed by atoms with E-state index in [1.807, 2.05) is 23.1 Å². The minimum absolute atomic E-state index is 0.182. The van der Waals surface area contributed by atoms with Crippen LogP contribution in [0.3, 0.4) is 0 Å². The molecule has 0 spiro atoms. The number of hydrogen-bond donors (Lipinski definition) is 1. The highest BCUT2D eigenvalue weighted by Gasteiger charge is 2.25. The van der Waals surface area contributed by atoms with Gasteiger partial charge in [-0.25, -0.2) is 0 Å². The Bertz CT molecular complexity index is 644. The van der Waals surface area contributed by atoms with E-state index in [1.54, 1.807) is 6.20 Å². The van der Waals surface area contributed by atoms with Crippen molar-refractivity contribution in [3.63, 3.8) is 0 Å². The van der Waals surface area contributed by atoms with E-state index in [4.69, 9.17) is 0 Å². The van der Waals surface area contributed by atoms with E-state index in [0.717, 1.165) is 57.7 Å². The second-order valence-electron chi connectivity index (χ2n) is 8.41. The normalized spacial score (nSPS) is 20.7. The molecule has 1 aromatic heterocycles. The van der Waals surface area contributed by atoms with Gasteiger partial charge in [-0.3, -0.25) is 19.5 Å².